The molecular weight excluding hydrogens is 278 g/mol. The van der Waals surface area contributed by atoms with Crippen LogP contribution in [-0.4, -0.2) is 20.1 Å². The summed E-state index contributed by atoms with van der Waals surface area (Å²) < 4.78 is 7.48. The summed E-state index contributed by atoms with van der Waals surface area (Å²) in [5.41, 5.74) is 1.36. The zero-order chi connectivity index (χ0) is 14.5. The second-order valence-electron chi connectivity index (χ2n) is 4.96. The summed E-state index contributed by atoms with van der Waals surface area (Å²) >= 11 is 5.83. The number of aromatic nitrogens is 3. The van der Waals surface area contributed by atoms with Crippen LogP contribution in [0.3, 0.4) is 0 Å². The van der Waals surface area contributed by atoms with Gasteiger partial charge >= 0.3 is 0 Å². The maximum Gasteiger partial charge on any atom is 0.132 e. The molecule has 1 N–H and O–H groups in total. The normalized spacial score (nSPS) is 11.1. The van der Waals surface area contributed by atoms with Crippen molar-refractivity contribution in [3.63, 3.8) is 0 Å². The van der Waals surface area contributed by atoms with Crippen LogP contribution in [0.15, 0.2) is 24.3 Å². The monoisotopic (exact) mass is 295 g/mol. The first-order valence-electron chi connectivity index (χ1n) is 6.50. The first kappa shape index (κ1) is 14.8. The molecule has 0 aliphatic carbocycles. The lowest BCUT2D eigenvalue weighted by Gasteiger charge is -2.11. The van der Waals surface area contributed by atoms with Crippen LogP contribution in [0, 0.1) is 5.92 Å². The SMILES string of the molecule is CC(C)Cn1nnc(CO)c1COc1ccc(Cl)cc1. The second kappa shape index (κ2) is 6.72. The highest BCUT2D eigenvalue weighted by Crippen LogP contribution is 2.18. The van der Waals surface area contributed by atoms with Crippen molar-refractivity contribution in [2.45, 2.75) is 33.6 Å². The standard InChI is InChI=1S/C14H18ClN3O2/c1-10(2)7-18-14(13(8-19)16-17-18)9-20-12-5-3-11(15)4-6-12/h3-6,10,19H,7-9H2,1-2H3. The average Bonchev–Trinajstić information content (AvgIpc) is 2.79. The van der Waals surface area contributed by atoms with Crippen molar-refractivity contribution in [2.24, 2.45) is 5.92 Å². The third-order valence-corrected chi connectivity index (χ3v) is 3.05. The number of halogens is 1. The van der Waals surface area contributed by atoms with E-state index in [4.69, 9.17) is 16.3 Å². The van der Waals surface area contributed by atoms with E-state index >= 15 is 0 Å². The highest BCUT2D eigenvalue weighted by Gasteiger charge is 2.13. The van der Waals surface area contributed by atoms with Crippen molar-refractivity contribution in [3.05, 3.63) is 40.7 Å². The fraction of sp³-hybridized carbons (Fsp3) is 0.429. The summed E-state index contributed by atoms with van der Waals surface area (Å²) in [6.45, 7) is 5.12. The minimum Gasteiger partial charge on any atom is -0.487 e. The molecule has 5 nitrogen and oxygen atoms in total. The molecule has 20 heavy (non-hydrogen) atoms. The summed E-state index contributed by atoms with van der Waals surface area (Å²) in [4.78, 5) is 0. The third-order valence-electron chi connectivity index (χ3n) is 2.80. The molecular formula is C14H18ClN3O2. The molecule has 0 aliphatic heterocycles. The van der Waals surface area contributed by atoms with E-state index in [1.165, 1.54) is 0 Å². The van der Waals surface area contributed by atoms with Gasteiger partial charge in [-0.3, -0.25) is 0 Å². The van der Waals surface area contributed by atoms with E-state index in [0.29, 0.717) is 23.2 Å². The third kappa shape index (κ3) is 3.71. The van der Waals surface area contributed by atoms with Crippen molar-refractivity contribution in [2.75, 3.05) is 0 Å². The molecule has 1 heterocycles. The van der Waals surface area contributed by atoms with Gasteiger partial charge in [0.1, 0.15) is 23.7 Å². The topological polar surface area (TPSA) is 60.2 Å². The molecule has 2 rings (SSSR count). The number of hydrogen-bond donors (Lipinski definition) is 1. The van der Waals surface area contributed by atoms with Gasteiger partial charge in [0.15, 0.2) is 0 Å². The molecule has 0 aliphatic rings. The summed E-state index contributed by atoms with van der Waals surface area (Å²) in [5.74, 6) is 1.16. The number of nitrogens with zero attached hydrogens (tertiary/aromatic N) is 3. The maximum atomic E-state index is 9.31. The molecule has 0 amide bonds. The van der Waals surface area contributed by atoms with E-state index in [-0.39, 0.29) is 6.61 Å². The largest absolute Gasteiger partial charge is 0.487 e. The van der Waals surface area contributed by atoms with Gasteiger partial charge in [-0.2, -0.15) is 0 Å². The van der Waals surface area contributed by atoms with Gasteiger partial charge in [0, 0.05) is 11.6 Å². The zero-order valence-electron chi connectivity index (χ0n) is 11.6. The van der Waals surface area contributed by atoms with E-state index in [1.54, 1.807) is 28.9 Å². The number of aliphatic hydroxyl groups excluding tert-OH is 1. The number of hydrogen-bond acceptors (Lipinski definition) is 4. The molecule has 2 aromatic rings. The van der Waals surface area contributed by atoms with Crippen LogP contribution < -0.4 is 4.74 Å². The van der Waals surface area contributed by atoms with E-state index in [2.05, 4.69) is 24.2 Å². The number of ether oxygens (including phenoxy) is 1. The van der Waals surface area contributed by atoms with Crippen LogP contribution in [0.25, 0.3) is 0 Å². The molecule has 0 bridgehead atoms. The molecule has 0 saturated carbocycles. The van der Waals surface area contributed by atoms with Crippen molar-refractivity contribution < 1.29 is 9.84 Å². The Morgan fingerprint density at radius 3 is 2.60 bits per heavy atom. The zero-order valence-corrected chi connectivity index (χ0v) is 12.3. The molecule has 6 heteroatoms. The smallest absolute Gasteiger partial charge is 0.132 e. The van der Waals surface area contributed by atoms with Gasteiger partial charge in [-0.15, -0.1) is 5.10 Å². The van der Waals surface area contributed by atoms with E-state index in [9.17, 15) is 5.11 Å². The van der Waals surface area contributed by atoms with Gasteiger partial charge < -0.3 is 9.84 Å². The maximum absolute atomic E-state index is 9.31. The average molecular weight is 296 g/mol. The Hall–Kier alpha value is -1.59. The molecule has 1 aromatic heterocycles. The molecule has 1 aromatic carbocycles. The van der Waals surface area contributed by atoms with E-state index < -0.39 is 0 Å². The van der Waals surface area contributed by atoms with Crippen LogP contribution in [0.4, 0.5) is 0 Å². The minimum absolute atomic E-state index is 0.141. The fourth-order valence-corrected chi connectivity index (χ4v) is 1.95. The fourth-order valence-electron chi connectivity index (χ4n) is 1.82. The first-order valence-corrected chi connectivity index (χ1v) is 6.88. The highest BCUT2D eigenvalue weighted by atomic mass is 35.5. The molecule has 0 unspecified atom stereocenters. The lowest BCUT2D eigenvalue weighted by atomic mass is 10.2. The molecule has 0 fully saturated rings. The predicted octanol–water partition coefficient (Wildman–Crippen LogP) is 2.66. The Kier molecular flexibility index (Phi) is 4.98. The van der Waals surface area contributed by atoms with Crippen molar-refractivity contribution in [1.82, 2.24) is 15.0 Å². The van der Waals surface area contributed by atoms with Crippen LogP contribution in [0.5, 0.6) is 5.75 Å². The van der Waals surface area contributed by atoms with Crippen LogP contribution in [0.2, 0.25) is 5.02 Å². The Balaban J connectivity index is 2.10. The molecule has 0 atom stereocenters. The van der Waals surface area contributed by atoms with Gasteiger partial charge in [-0.1, -0.05) is 30.7 Å². The minimum atomic E-state index is -0.141. The number of benzene rings is 1. The van der Waals surface area contributed by atoms with Crippen LogP contribution in [0.1, 0.15) is 25.2 Å². The Bertz CT molecular complexity index is 552. The lowest BCUT2D eigenvalue weighted by Crippen LogP contribution is -2.12. The van der Waals surface area contributed by atoms with Crippen LogP contribution in [-0.2, 0) is 19.8 Å². The van der Waals surface area contributed by atoms with Gasteiger partial charge in [0.25, 0.3) is 0 Å². The quantitative estimate of drug-likeness (QED) is 0.890. The molecule has 0 radical (unpaired) electrons. The van der Waals surface area contributed by atoms with Crippen LogP contribution >= 0.6 is 11.6 Å². The number of rotatable bonds is 6. The molecule has 0 spiro atoms. The van der Waals surface area contributed by atoms with Crippen molar-refractivity contribution >= 4 is 11.6 Å². The predicted molar refractivity (Wildman–Crippen MR) is 76.6 cm³/mol. The Morgan fingerprint density at radius 2 is 2.00 bits per heavy atom. The van der Waals surface area contributed by atoms with Gasteiger partial charge in [-0.25, -0.2) is 4.68 Å². The van der Waals surface area contributed by atoms with E-state index in [1.807, 2.05) is 0 Å². The first-order chi connectivity index (χ1) is 9.60. The Labute approximate surface area is 123 Å². The van der Waals surface area contributed by atoms with Gasteiger partial charge in [0.2, 0.25) is 0 Å². The van der Waals surface area contributed by atoms with Gasteiger partial charge in [0.05, 0.1) is 6.61 Å². The Morgan fingerprint density at radius 1 is 1.30 bits per heavy atom. The van der Waals surface area contributed by atoms with E-state index in [0.717, 1.165) is 18.0 Å². The lowest BCUT2D eigenvalue weighted by molar-refractivity contribution is 0.260. The molecule has 0 saturated heterocycles. The van der Waals surface area contributed by atoms with Crippen molar-refractivity contribution in [3.8, 4) is 5.75 Å². The van der Waals surface area contributed by atoms with Crippen molar-refractivity contribution in [1.29, 1.82) is 0 Å². The second-order valence-corrected chi connectivity index (χ2v) is 5.40. The summed E-state index contributed by atoms with van der Waals surface area (Å²) in [5, 5.41) is 18.0. The summed E-state index contributed by atoms with van der Waals surface area (Å²) in [6, 6.07) is 7.15. The highest BCUT2D eigenvalue weighted by molar-refractivity contribution is 6.30. The summed E-state index contributed by atoms with van der Waals surface area (Å²) in [6.07, 6.45) is 0. The number of aliphatic hydroxyl groups is 1. The summed E-state index contributed by atoms with van der Waals surface area (Å²) in [7, 11) is 0. The van der Waals surface area contributed by atoms with Gasteiger partial charge in [-0.05, 0) is 30.2 Å². The molecule has 108 valence electrons.